The number of hydrogen-bond acceptors (Lipinski definition) is 2. The quantitative estimate of drug-likeness (QED) is 0.596. The molecule has 0 fully saturated rings. The Morgan fingerprint density at radius 1 is 1.17 bits per heavy atom. The number of aromatic amines is 2. The molecule has 1 aliphatic carbocycles. The van der Waals surface area contributed by atoms with Crippen molar-refractivity contribution >= 4 is 22.5 Å². The maximum Gasteiger partial charge on any atom is 0.234 e. The molecule has 1 aliphatic heterocycles. The van der Waals surface area contributed by atoms with E-state index in [-0.39, 0.29) is 5.91 Å². The molecule has 2 aromatic heterocycles. The number of anilines is 1. The summed E-state index contributed by atoms with van der Waals surface area (Å²) in [6.45, 7) is 3.95. The number of rotatable bonds is 0. The minimum absolute atomic E-state index is 0.0714. The molecule has 1 aromatic carbocycles. The van der Waals surface area contributed by atoms with E-state index >= 15 is 0 Å². The van der Waals surface area contributed by atoms with Crippen LogP contribution < -0.4 is 5.32 Å². The molecule has 3 N–H and O–H groups in total. The van der Waals surface area contributed by atoms with Gasteiger partial charge in [-0.2, -0.15) is 5.10 Å². The highest BCUT2D eigenvalue weighted by Gasteiger charge is 2.39. The van der Waals surface area contributed by atoms with Crippen LogP contribution in [0.4, 0.5) is 5.69 Å². The summed E-state index contributed by atoms with van der Waals surface area (Å²) in [6, 6.07) is 4.27. The average molecular weight is 306 g/mol. The number of H-pyrrole nitrogens is 2. The first-order valence-corrected chi connectivity index (χ1v) is 8.09. The summed E-state index contributed by atoms with van der Waals surface area (Å²) in [5.41, 5.74) is 7.49. The van der Waals surface area contributed by atoms with Crippen molar-refractivity contribution in [3.05, 3.63) is 35.0 Å². The van der Waals surface area contributed by atoms with Gasteiger partial charge in [0.25, 0.3) is 0 Å². The van der Waals surface area contributed by atoms with E-state index in [1.54, 1.807) is 0 Å². The van der Waals surface area contributed by atoms with Gasteiger partial charge in [0.15, 0.2) is 0 Å². The number of aryl methyl sites for hydroxylation is 2. The molecule has 0 atom stereocenters. The van der Waals surface area contributed by atoms with Crippen molar-refractivity contribution in [3.8, 4) is 11.4 Å². The molecule has 116 valence electrons. The normalized spacial score (nSPS) is 18.3. The van der Waals surface area contributed by atoms with Crippen molar-refractivity contribution in [2.24, 2.45) is 0 Å². The summed E-state index contributed by atoms with van der Waals surface area (Å²) in [5, 5.41) is 11.6. The maximum absolute atomic E-state index is 12.2. The Morgan fingerprint density at radius 2 is 2.04 bits per heavy atom. The monoisotopic (exact) mass is 306 g/mol. The van der Waals surface area contributed by atoms with E-state index in [4.69, 9.17) is 0 Å². The molecule has 5 nitrogen and oxygen atoms in total. The largest absolute Gasteiger partial charge is 0.353 e. The molecule has 0 saturated carbocycles. The summed E-state index contributed by atoms with van der Waals surface area (Å²) < 4.78 is 0. The third kappa shape index (κ3) is 1.57. The molecule has 0 unspecified atom stereocenters. The van der Waals surface area contributed by atoms with Crippen LogP contribution >= 0.6 is 0 Å². The SMILES string of the molecule is CC1(C)C(=O)Nc2cc3c4c([nH]c3cc21)-c1[nH]ncc1CCC4. The fourth-order valence-electron chi connectivity index (χ4n) is 3.96. The van der Waals surface area contributed by atoms with E-state index in [9.17, 15) is 4.79 Å². The van der Waals surface area contributed by atoms with Gasteiger partial charge >= 0.3 is 0 Å². The molecular formula is C18H18N4O. The maximum atomic E-state index is 12.2. The number of nitrogens with zero attached hydrogens (tertiary/aromatic N) is 1. The number of carbonyl (C=O) groups is 1. The minimum atomic E-state index is -0.481. The summed E-state index contributed by atoms with van der Waals surface area (Å²) in [6.07, 6.45) is 5.12. The van der Waals surface area contributed by atoms with Crippen molar-refractivity contribution < 1.29 is 4.79 Å². The van der Waals surface area contributed by atoms with Gasteiger partial charge < -0.3 is 10.3 Å². The lowest BCUT2D eigenvalue weighted by Crippen LogP contribution is -2.26. The zero-order valence-electron chi connectivity index (χ0n) is 13.2. The molecule has 0 bridgehead atoms. The van der Waals surface area contributed by atoms with Crippen molar-refractivity contribution in [3.63, 3.8) is 0 Å². The number of fused-ring (bicyclic) bond motifs is 6. The summed E-state index contributed by atoms with van der Waals surface area (Å²) in [7, 11) is 0. The Morgan fingerprint density at radius 3 is 2.91 bits per heavy atom. The molecule has 5 heteroatoms. The van der Waals surface area contributed by atoms with Gasteiger partial charge in [0.2, 0.25) is 5.91 Å². The lowest BCUT2D eigenvalue weighted by Gasteiger charge is -2.14. The number of nitrogens with one attached hydrogen (secondary N) is 3. The van der Waals surface area contributed by atoms with Crippen molar-refractivity contribution in [2.45, 2.75) is 38.5 Å². The van der Waals surface area contributed by atoms with Crippen molar-refractivity contribution in [1.82, 2.24) is 15.2 Å². The Balaban J connectivity index is 1.81. The minimum Gasteiger partial charge on any atom is -0.353 e. The van der Waals surface area contributed by atoms with Gasteiger partial charge in [0.05, 0.1) is 23.0 Å². The van der Waals surface area contributed by atoms with Crippen LogP contribution in [-0.2, 0) is 23.1 Å². The van der Waals surface area contributed by atoms with Crippen LogP contribution in [0.5, 0.6) is 0 Å². The lowest BCUT2D eigenvalue weighted by atomic mass is 9.85. The number of aromatic nitrogens is 3. The van der Waals surface area contributed by atoms with Gasteiger partial charge in [-0.25, -0.2) is 0 Å². The third-order valence-corrected chi connectivity index (χ3v) is 5.37. The Bertz CT molecular complexity index is 976. The summed E-state index contributed by atoms with van der Waals surface area (Å²) in [4.78, 5) is 15.8. The molecule has 2 aliphatic rings. The highest BCUT2D eigenvalue weighted by Crippen LogP contribution is 2.43. The first-order valence-electron chi connectivity index (χ1n) is 8.09. The first kappa shape index (κ1) is 12.9. The number of carbonyl (C=O) groups excluding carboxylic acids is 1. The van der Waals surface area contributed by atoms with Crippen LogP contribution in [0, 0.1) is 0 Å². The Kier molecular flexibility index (Phi) is 2.27. The van der Waals surface area contributed by atoms with E-state index in [2.05, 4.69) is 32.6 Å². The van der Waals surface area contributed by atoms with Gasteiger partial charge in [-0.15, -0.1) is 0 Å². The Hall–Kier alpha value is -2.56. The predicted molar refractivity (Wildman–Crippen MR) is 89.6 cm³/mol. The number of benzene rings is 1. The van der Waals surface area contributed by atoms with Crippen LogP contribution in [-0.4, -0.2) is 21.1 Å². The summed E-state index contributed by atoms with van der Waals surface area (Å²) >= 11 is 0. The van der Waals surface area contributed by atoms with Crippen molar-refractivity contribution in [1.29, 1.82) is 0 Å². The highest BCUT2D eigenvalue weighted by molar-refractivity contribution is 6.08. The van der Waals surface area contributed by atoms with Gasteiger partial charge in [0.1, 0.15) is 0 Å². The van der Waals surface area contributed by atoms with E-state index in [0.29, 0.717) is 0 Å². The number of hydrogen-bond donors (Lipinski definition) is 3. The second-order valence-corrected chi connectivity index (χ2v) is 7.12. The standard InChI is InChI=1S/C18H18N4O/c1-18(2)12-7-13-11(6-14(12)21-17(18)23)10-5-3-4-9-8-19-22-15(9)16(10)20-13/h6-8,20H,3-5H2,1-2H3,(H,19,22)(H,21,23). The predicted octanol–water partition coefficient (Wildman–Crippen LogP) is 3.28. The lowest BCUT2D eigenvalue weighted by molar-refractivity contribution is -0.119. The molecule has 1 amide bonds. The fraction of sp³-hybridized carbons (Fsp3) is 0.333. The molecule has 23 heavy (non-hydrogen) atoms. The van der Waals surface area contributed by atoms with Gasteiger partial charge in [-0.3, -0.25) is 9.89 Å². The van der Waals surface area contributed by atoms with Gasteiger partial charge in [-0.05, 0) is 61.9 Å². The van der Waals surface area contributed by atoms with Crippen LogP contribution in [0.15, 0.2) is 18.3 Å². The van der Waals surface area contributed by atoms with Crippen LogP contribution in [0.1, 0.15) is 37.0 Å². The second-order valence-electron chi connectivity index (χ2n) is 7.12. The van der Waals surface area contributed by atoms with Crippen LogP contribution in [0.2, 0.25) is 0 Å². The highest BCUT2D eigenvalue weighted by atomic mass is 16.2. The van der Waals surface area contributed by atoms with Crippen molar-refractivity contribution in [2.75, 3.05) is 5.32 Å². The summed E-state index contributed by atoms with van der Waals surface area (Å²) in [5.74, 6) is 0.0714. The van der Waals surface area contributed by atoms with Gasteiger partial charge in [-0.1, -0.05) is 0 Å². The Labute approximate surface area is 133 Å². The molecule has 0 spiro atoms. The van der Waals surface area contributed by atoms with E-state index in [0.717, 1.165) is 47.4 Å². The van der Waals surface area contributed by atoms with E-state index in [1.165, 1.54) is 16.5 Å². The number of amides is 1. The third-order valence-electron chi connectivity index (χ3n) is 5.37. The fourth-order valence-corrected chi connectivity index (χ4v) is 3.96. The molecule has 3 aromatic rings. The van der Waals surface area contributed by atoms with Gasteiger partial charge in [0, 0.05) is 16.6 Å². The molecule has 0 saturated heterocycles. The zero-order chi connectivity index (χ0) is 15.8. The second kappa shape index (κ2) is 4.04. The zero-order valence-corrected chi connectivity index (χ0v) is 13.2. The molecule has 5 rings (SSSR count). The van der Waals surface area contributed by atoms with Crippen LogP contribution in [0.25, 0.3) is 22.3 Å². The topological polar surface area (TPSA) is 73.6 Å². The molecule has 3 heterocycles. The molecular weight excluding hydrogens is 288 g/mol. The smallest absolute Gasteiger partial charge is 0.234 e. The average Bonchev–Trinajstić information content (AvgIpc) is 3.13. The van der Waals surface area contributed by atoms with Crippen LogP contribution in [0.3, 0.4) is 0 Å². The van der Waals surface area contributed by atoms with E-state index in [1.807, 2.05) is 20.0 Å². The van der Waals surface area contributed by atoms with E-state index < -0.39 is 5.41 Å². The first-order chi connectivity index (χ1) is 11.1. The molecule has 0 radical (unpaired) electrons.